The Morgan fingerprint density at radius 1 is 1.24 bits per heavy atom. The molecule has 1 amide bonds. The van der Waals surface area contributed by atoms with Gasteiger partial charge in [0, 0.05) is 29.1 Å². The fourth-order valence-electron chi connectivity index (χ4n) is 2.40. The van der Waals surface area contributed by atoms with Crippen molar-refractivity contribution in [1.29, 1.82) is 0 Å². The van der Waals surface area contributed by atoms with Crippen LogP contribution in [0.4, 0.5) is 5.69 Å². The predicted molar refractivity (Wildman–Crippen MR) is 94.5 cm³/mol. The minimum Gasteiger partial charge on any atom is -0.385 e. The smallest absolute Gasteiger partial charge is 0.251 e. The molecule has 0 atom stereocenters. The first-order chi connectivity index (χ1) is 10.0. The van der Waals surface area contributed by atoms with E-state index in [2.05, 4.69) is 37.7 Å². The van der Waals surface area contributed by atoms with Crippen LogP contribution in [-0.4, -0.2) is 30.0 Å². The zero-order chi connectivity index (χ0) is 15.9. The lowest BCUT2D eigenvalue weighted by Crippen LogP contribution is -2.39. The standard InChI is InChI=1S/C17H28N2OS/c1-6-17(7-2,21-5)12-19-16(20)14-9-10-15(18-8-3)13(4)11-14/h9-11,18H,6-8,12H2,1-5H3,(H,19,20). The van der Waals surface area contributed by atoms with E-state index in [1.807, 2.05) is 36.9 Å². The van der Waals surface area contributed by atoms with E-state index in [0.29, 0.717) is 6.54 Å². The van der Waals surface area contributed by atoms with Gasteiger partial charge in [-0.1, -0.05) is 13.8 Å². The summed E-state index contributed by atoms with van der Waals surface area (Å²) in [6, 6.07) is 5.82. The molecule has 0 heterocycles. The Bertz CT molecular complexity index is 462. The van der Waals surface area contributed by atoms with Gasteiger partial charge in [0.05, 0.1) is 0 Å². The molecule has 3 nitrogen and oxygen atoms in total. The van der Waals surface area contributed by atoms with Gasteiger partial charge in [-0.3, -0.25) is 4.79 Å². The fraction of sp³-hybridized carbons (Fsp3) is 0.588. The molecule has 0 radical (unpaired) electrons. The van der Waals surface area contributed by atoms with Crippen molar-refractivity contribution in [3.8, 4) is 0 Å². The number of aryl methyl sites for hydroxylation is 1. The summed E-state index contributed by atoms with van der Waals surface area (Å²) in [6.07, 6.45) is 4.24. The van der Waals surface area contributed by atoms with Gasteiger partial charge in [-0.15, -0.1) is 0 Å². The molecule has 4 heteroatoms. The molecule has 0 saturated heterocycles. The zero-order valence-corrected chi connectivity index (χ0v) is 14.7. The van der Waals surface area contributed by atoms with Crippen LogP contribution in [0.25, 0.3) is 0 Å². The van der Waals surface area contributed by atoms with Crippen LogP contribution in [0, 0.1) is 6.92 Å². The first-order valence-corrected chi connectivity index (χ1v) is 8.92. The van der Waals surface area contributed by atoms with Gasteiger partial charge in [-0.25, -0.2) is 0 Å². The van der Waals surface area contributed by atoms with E-state index in [1.54, 1.807) is 0 Å². The Morgan fingerprint density at radius 3 is 2.38 bits per heavy atom. The Morgan fingerprint density at radius 2 is 1.90 bits per heavy atom. The molecular formula is C17H28N2OS. The highest BCUT2D eigenvalue weighted by atomic mass is 32.2. The number of hydrogen-bond acceptors (Lipinski definition) is 3. The number of hydrogen-bond donors (Lipinski definition) is 2. The molecule has 0 aliphatic rings. The molecule has 0 bridgehead atoms. The summed E-state index contributed by atoms with van der Waals surface area (Å²) in [7, 11) is 0. The number of anilines is 1. The van der Waals surface area contributed by atoms with Gasteiger partial charge in [0.25, 0.3) is 5.91 Å². The SMILES string of the molecule is CCNc1ccc(C(=O)NCC(CC)(CC)SC)cc1C. The van der Waals surface area contributed by atoms with Crippen molar-refractivity contribution < 1.29 is 4.79 Å². The van der Waals surface area contributed by atoms with Crippen LogP contribution in [0.3, 0.4) is 0 Å². The summed E-state index contributed by atoms with van der Waals surface area (Å²) in [4.78, 5) is 12.3. The predicted octanol–water partition coefficient (Wildman–Crippen LogP) is 4.08. The van der Waals surface area contributed by atoms with Crippen LogP contribution < -0.4 is 10.6 Å². The topological polar surface area (TPSA) is 41.1 Å². The quantitative estimate of drug-likeness (QED) is 0.760. The van der Waals surface area contributed by atoms with Crippen LogP contribution in [0.1, 0.15) is 49.5 Å². The Kier molecular flexibility index (Phi) is 7.09. The Labute approximate surface area is 133 Å². The van der Waals surface area contributed by atoms with Gasteiger partial charge < -0.3 is 10.6 Å². The zero-order valence-electron chi connectivity index (χ0n) is 13.9. The van der Waals surface area contributed by atoms with Crippen molar-refractivity contribution in [3.63, 3.8) is 0 Å². The number of thioether (sulfide) groups is 1. The van der Waals surface area contributed by atoms with E-state index < -0.39 is 0 Å². The number of nitrogens with one attached hydrogen (secondary N) is 2. The Hall–Kier alpha value is -1.16. The second-order valence-electron chi connectivity index (χ2n) is 5.34. The first-order valence-electron chi connectivity index (χ1n) is 7.69. The third-order valence-corrected chi connectivity index (χ3v) is 5.74. The van der Waals surface area contributed by atoms with Gasteiger partial charge >= 0.3 is 0 Å². The molecule has 0 aliphatic carbocycles. The van der Waals surface area contributed by atoms with E-state index in [1.165, 1.54) is 0 Å². The second kappa shape index (κ2) is 8.32. The molecule has 1 aromatic carbocycles. The van der Waals surface area contributed by atoms with E-state index in [4.69, 9.17) is 0 Å². The third-order valence-electron chi connectivity index (χ3n) is 4.15. The molecule has 0 unspecified atom stereocenters. The first kappa shape index (κ1) is 17.9. The molecule has 1 aromatic rings. The van der Waals surface area contributed by atoms with Crippen LogP contribution in [0.5, 0.6) is 0 Å². The van der Waals surface area contributed by atoms with E-state index in [-0.39, 0.29) is 10.7 Å². The molecule has 0 aliphatic heterocycles. The Balaban J connectivity index is 2.74. The lowest BCUT2D eigenvalue weighted by atomic mass is 10.0. The van der Waals surface area contributed by atoms with Crippen LogP contribution in [0.15, 0.2) is 18.2 Å². The van der Waals surface area contributed by atoms with E-state index in [9.17, 15) is 4.79 Å². The highest BCUT2D eigenvalue weighted by molar-refractivity contribution is 8.00. The van der Waals surface area contributed by atoms with Crippen molar-refractivity contribution in [2.75, 3.05) is 24.7 Å². The van der Waals surface area contributed by atoms with Crippen molar-refractivity contribution >= 4 is 23.4 Å². The molecule has 0 aromatic heterocycles. The minimum atomic E-state index is 0.0153. The van der Waals surface area contributed by atoms with E-state index >= 15 is 0 Å². The van der Waals surface area contributed by atoms with Crippen molar-refractivity contribution in [2.24, 2.45) is 0 Å². The summed E-state index contributed by atoms with van der Waals surface area (Å²) in [6.45, 7) is 10.1. The molecule has 2 N–H and O–H groups in total. The lowest BCUT2D eigenvalue weighted by Gasteiger charge is -2.29. The summed E-state index contributed by atoms with van der Waals surface area (Å²) < 4.78 is 0.147. The van der Waals surface area contributed by atoms with Crippen molar-refractivity contribution in [3.05, 3.63) is 29.3 Å². The third kappa shape index (κ3) is 4.67. The average Bonchev–Trinajstić information content (AvgIpc) is 2.51. The molecule has 21 heavy (non-hydrogen) atoms. The highest BCUT2D eigenvalue weighted by Gasteiger charge is 2.25. The summed E-state index contributed by atoms with van der Waals surface area (Å²) in [5, 5.41) is 6.38. The maximum Gasteiger partial charge on any atom is 0.251 e. The fourth-order valence-corrected chi connectivity index (χ4v) is 3.19. The van der Waals surface area contributed by atoms with Gasteiger partial charge in [-0.2, -0.15) is 11.8 Å². The van der Waals surface area contributed by atoms with Gasteiger partial charge in [0.1, 0.15) is 0 Å². The molecule has 0 fully saturated rings. The summed E-state index contributed by atoms with van der Waals surface area (Å²) >= 11 is 1.84. The van der Waals surface area contributed by atoms with Gasteiger partial charge in [0.15, 0.2) is 0 Å². The molecule has 118 valence electrons. The van der Waals surface area contributed by atoms with E-state index in [0.717, 1.165) is 36.2 Å². The van der Waals surface area contributed by atoms with Gasteiger partial charge in [0.2, 0.25) is 0 Å². The number of carbonyl (C=O) groups is 1. The maximum absolute atomic E-state index is 12.3. The summed E-state index contributed by atoms with van der Waals surface area (Å²) in [5.74, 6) is 0.0153. The van der Waals surface area contributed by atoms with Gasteiger partial charge in [-0.05, 0) is 56.7 Å². The van der Waals surface area contributed by atoms with Crippen molar-refractivity contribution in [2.45, 2.75) is 45.3 Å². The normalized spacial score (nSPS) is 11.3. The maximum atomic E-state index is 12.3. The molecule has 0 spiro atoms. The lowest BCUT2D eigenvalue weighted by molar-refractivity contribution is 0.0949. The van der Waals surface area contributed by atoms with Crippen LogP contribution in [0.2, 0.25) is 0 Å². The average molecular weight is 308 g/mol. The molecule has 0 saturated carbocycles. The highest BCUT2D eigenvalue weighted by Crippen LogP contribution is 2.29. The molecular weight excluding hydrogens is 280 g/mol. The van der Waals surface area contributed by atoms with Crippen LogP contribution in [-0.2, 0) is 0 Å². The number of amides is 1. The number of rotatable bonds is 8. The number of carbonyl (C=O) groups excluding carboxylic acids is 1. The minimum absolute atomic E-state index is 0.0153. The monoisotopic (exact) mass is 308 g/mol. The van der Waals surface area contributed by atoms with Crippen LogP contribution >= 0.6 is 11.8 Å². The largest absolute Gasteiger partial charge is 0.385 e. The van der Waals surface area contributed by atoms with Crippen molar-refractivity contribution in [1.82, 2.24) is 5.32 Å². The number of benzene rings is 1. The second-order valence-corrected chi connectivity index (χ2v) is 6.61. The summed E-state index contributed by atoms with van der Waals surface area (Å²) in [5.41, 5.74) is 2.93. The molecule has 1 rings (SSSR count).